The van der Waals surface area contributed by atoms with Gasteiger partial charge in [0.15, 0.2) is 0 Å². The van der Waals surface area contributed by atoms with Crippen LogP contribution < -0.4 is 24.9 Å². The van der Waals surface area contributed by atoms with E-state index in [9.17, 15) is 19.8 Å². The minimum absolute atomic E-state index is 2.06. The molecule has 11 heteroatoms. The van der Waals surface area contributed by atoms with Crippen LogP contribution in [0.25, 0.3) is 0 Å². The van der Waals surface area contributed by atoms with E-state index in [0.717, 1.165) is 0 Å². The van der Waals surface area contributed by atoms with E-state index in [1.807, 2.05) is 0 Å². The standard InChI is InChI=1S/C4H6O6.H3O4P/c5-1(3(7)8)2(6)4(9)10;1-5(2,3)4/h1-2,5-6H,(H,7,8)(H,9,10);(H3,1,2,3,4)/p-5. The van der Waals surface area contributed by atoms with E-state index in [4.69, 9.17) is 29.5 Å². The summed E-state index contributed by atoms with van der Waals surface area (Å²) in [6, 6.07) is 0. The van der Waals surface area contributed by atoms with E-state index in [2.05, 4.69) is 0 Å². The highest BCUT2D eigenvalue weighted by atomic mass is 31.2. The lowest BCUT2D eigenvalue weighted by Crippen LogP contribution is -2.51. The third-order valence-corrected chi connectivity index (χ3v) is 0.782. The van der Waals surface area contributed by atoms with Gasteiger partial charge in [0, 0.05) is 0 Å². The fourth-order valence-corrected chi connectivity index (χ4v) is 0.258. The summed E-state index contributed by atoms with van der Waals surface area (Å²) in [5.74, 6) is -4.12. The van der Waals surface area contributed by atoms with Crippen LogP contribution in [0.4, 0.5) is 0 Å². The van der Waals surface area contributed by atoms with Crippen LogP contribution in [0.15, 0.2) is 0 Å². The van der Waals surface area contributed by atoms with Gasteiger partial charge in [-0.1, -0.05) is 0 Å². The number of carboxylic acid groups (broad SMARTS) is 2. The summed E-state index contributed by atoms with van der Waals surface area (Å²) in [6.45, 7) is 0. The van der Waals surface area contributed by atoms with Crippen molar-refractivity contribution < 1.29 is 49.3 Å². The zero-order valence-electron chi connectivity index (χ0n) is 6.76. The van der Waals surface area contributed by atoms with Gasteiger partial charge in [-0.05, 0) is 0 Å². The summed E-state index contributed by atoms with van der Waals surface area (Å²) in [5.41, 5.74) is 0. The quantitative estimate of drug-likeness (QED) is 0.447. The first kappa shape index (κ1) is 16.4. The smallest absolute Gasteiger partial charge is 0.124 e. The van der Waals surface area contributed by atoms with E-state index in [1.165, 1.54) is 0 Å². The van der Waals surface area contributed by atoms with Crippen molar-refractivity contribution in [1.82, 2.24) is 0 Å². The van der Waals surface area contributed by atoms with Crippen LogP contribution in [0, 0.1) is 0 Å². The Morgan fingerprint density at radius 2 is 1.07 bits per heavy atom. The average Bonchev–Trinajstić information content (AvgIpc) is 1.98. The van der Waals surface area contributed by atoms with Gasteiger partial charge in [-0.2, -0.15) is 7.82 Å². The van der Waals surface area contributed by atoms with Crippen LogP contribution in [0.1, 0.15) is 0 Å². The molecule has 0 saturated carbocycles. The Labute approximate surface area is 82.3 Å². The molecule has 0 bridgehead atoms. The second kappa shape index (κ2) is 6.45. The van der Waals surface area contributed by atoms with Crippen molar-refractivity contribution in [3.63, 3.8) is 0 Å². The summed E-state index contributed by atoms with van der Waals surface area (Å²) in [7, 11) is -5.39. The molecule has 90 valence electrons. The van der Waals surface area contributed by atoms with Crippen molar-refractivity contribution in [2.24, 2.45) is 0 Å². The van der Waals surface area contributed by atoms with Gasteiger partial charge in [-0.15, -0.1) is 0 Å². The molecule has 0 aliphatic carbocycles. The second-order valence-corrected chi connectivity index (χ2v) is 2.87. The van der Waals surface area contributed by atoms with E-state index < -0.39 is 32.0 Å². The van der Waals surface area contributed by atoms with Gasteiger partial charge < -0.3 is 49.3 Å². The highest BCUT2D eigenvalue weighted by Crippen LogP contribution is 2.03. The molecule has 0 amide bonds. The minimum atomic E-state index is -5.39. The van der Waals surface area contributed by atoms with Crippen molar-refractivity contribution in [2.45, 2.75) is 12.2 Å². The summed E-state index contributed by atoms with van der Waals surface area (Å²) in [5, 5.41) is 35.7. The van der Waals surface area contributed by atoms with Gasteiger partial charge in [0.05, 0.1) is 11.9 Å². The maximum absolute atomic E-state index is 9.63. The predicted molar refractivity (Wildman–Crippen MR) is 29.6 cm³/mol. The lowest BCUT2D eigenvalue weighted by molar-refractivity contribution is -0.432. The van der Waals surface area contributed by atoms with Crippen LogP contribution >= 0.6 is 7.82 Å². The Balaban J connectivity index is 0. The maximum Gasteiger partial charge on any atom is 0.124 e. The Bertz CT molecular complexity index is 240. The number of aliphatic hydroxyl groups excluding tert-OH is 2. The first-order valence-corrected chi connectivity index (χ1v) is 4.43. The molecule has 0 rings (SSSR count). The number of carbonyl (C=O) groups is 2. The third-order valence-electron chi connectivity index (χ3n) is 0.782. The van der Waals surface area contributed by atoms with Crippen LogP contribution in [0.3, 0.4) is 0 Å². The molecular weight excluding hydrogens is 239 g/mol. The summed E-state index contributed by atoms with van der Waals surface area (Å²) >= 11 is 0. The average molecular weight is 243 g/mol. The molecule has 0 aromatic heterocycles. The molecular formula is C4H4O10P-5. The molecule has 0 aliphatic heterocycles. The number of aliphatic carboxylic acids is 2. The van der Waals surface area contributed by atoms with E-state index in [-0.39, 0.29) is 0 Å². The zero-order chi connectivity index (χ0) is 12.8. The number of rotatable bonds is 3. The normalized spacial score (nSPS) is 14.5. The Hall–Kier alpha value is -1.03. The topological polar surface area (TPSA) is 207 Å². The van der Waals surface area contributed by atoms with Crippen LogP contribution in [-0.4, -0.2) is 34.4 Å². The van der Waals surface area contributed by atoms with Gasteiger partial charge in [-0.25, -0.2) is 0 Å². The molecule has 15 heavy (non-hydrogen) atoms. The van der Waals surface area contributed by atoms with Crippen molar-refractivity contribution in [1.29, 1.82) is 0 Å². The molecule has 0 fully saturated rings. The van der Waals surface area contributed by atoms with Gasteiger partial charge in [0.2, 0.25) is 0 Å². The molecule has 0 aliphatic rings. The minimum Gasteiger partial charge on any atom is -0.822 e. The number of carbonyl (C=O) groups excluding carboxylic acids is 2. The Kier molecular flexibility index (Phi) is 7.06. The third kappa shape index (κ3) is 13.0. The van der Waals surface area contributed by atoms with Crippen molar-refractivity contribution in [2.75, 3.05) is 0 Å². The SMILES string of the molecule is O=C([O-])C(O)C(O)C(=O)[O-].O=P([O-])([O-])[O-]. The van der Waals surface area contributed by atoms with Gasteiger partial charge in [0.1, 0.15) is 12.2 Å². The molecule has 0 spiro atoms. The Morgan fingerprint density at radius 1 is 0.933 bits per heavy atom. The highest BCUT2D eigenvalue weighted by Gasteiger charge is 2.17. The van der Waals surface area contributed by atoms with Gasteiger partial charge in [0.25, 0.3) is 0 Å². The molecule has 0 saturated heterocycles. The molecule has 0 aromatic rings. The number of carboxylic acids is 2. The number of aliphatic hydroxyl groups is 2. The predicted octanol–water partition coefficient (Wildman–Crippen LogP) is -7.62. The fourth-order valence-electron chi connectivity index (χ4n) is 0.258. The van der Waals surface area contributed by atoms with E-state index in [1.54, 1.807) is 0 Å². The molecule has 0 radical (unpaired) electrons. The number of hydrogen-bond donors (Lipinski definition) is 2. The van der Waals surface area contributed by atoms with Crippen molar-refractivity contribution in [3.05, 3.63) is 0 Å². The van der Waals surface area contributed by atoms with Crippen molar-refractivity contribution in [3.8, 4) is 0 Å². The molecule has 2 N–H and O–H groups in total. The largest absolute Gasteiger partial charge is 0.822 e. The van der Waals surface area contributed by atoms with Gasteiger partial charge in [-0.3, -0.25) is 0 Å². The maximum atomic E-state index is 9.63. The van der Waals surface area contributed by atoms with Gasteiger partial charge >= 0.3 is 0 Å². The molecule has 2 atom stereocenters. The number of phosphoric acid groups is 1. The Morgan fingerprint density at radius 3 is 1.13 bits per heavy atom. The fraction of sp³-hybridized carbons (Fsp3) is 0.500. The monoisotopic (exact) mass is 243 g/mol. The highest BCUT2D eigenvalue weighted by molar-refractivity contribution is 7.40. The lowest BCUT2D eigenvalue weighted by atomic mass is 10.2. The summed E-state index contributed by atoms with van der Waals surface area (Å²) < 4.78 is 8.55. The van der Waals surface area contributed by atoms with E-state index >= 15 is 0 Å². The molecule has 0 heterocycles. The number of hydrogen-bond acceptors (Lipinski definition) is 10. The zero-order valence-corrected chi connectivity index (χ0v) is 7.66. The lowest BCUT2D eigenvalue weighted by Gasteiger charge is -2.36. The van der Waals surface area contributed by atoms with Crippen molar-refractivity contribution >= 4 is 19.8 Å². The summed E-state index contributed by atoms with van der Waals surface area (Å²) in [6.07, 6.45) is -4.88. The van der Waals surface area contributed by atoms with Crippen LogP contribution in [0.2, 0.25) is 0 Å². The molecule has 0 aromatic carbocycles. The molecule has 2 unspecified atom stereocenters. The second-order valence-electron chi connectivity index (χ2n) is 1.97. The van der Waals surface area contributed by atoms with Crippen LogP contribution in [0.5, 0.6) is 0 Å². The molecule has 10 nitrogen and oxygen atoms in total. The van der Waals surface area contributed by atoms with E-state index in [0.29, 0.717) is 0 Å². The van der Waals surface area contributed by atoms with Crippen LogP contribution in [-0.2, 0) is 14.2 Å². The summed E-state index contributed by atoms with van der Waals surface area (Å²) in [4.78, 5) is 44.9. The first-order valence-electron chi connectivity index (χ1n) is 2.97. The first-order chi connectivity index (χ1) is 6.46.